The maximum atomic E-state index is 13.2. The van der Waals surface area contributed by atoms with E-state index >= 15 is 0 Å². The van der Waals surface area contributed by atoms with Crippen LogP contribution in [0.25, 0.3) is 10.9 Å². The summed E-state index contributed by atoms with van der Waals surface area (Å²) in [6, 6.07) is 12.1. The number of rotatable bonds is 7. The summed E-state index contributed by atoms with van der Waals surface area (Å²) in [7, 11) is 0. The highest BCUT2D eigenvalue weighted by Gasteiger charge is 2.28. The van der Waals surface area contributed by atoms with Crippen LogP contribution in [0.4, 0.5) is 0 Å². The number of aromatic amines is 1. The van der Waals surface area contributed by atoms with Gasteiger partial charge in [0.2, 0.25) is 0 Å². The average molecular weight is 405 g/mol. The average Bonchev–Trinajstić information content (AvgIpc) is 3.35. The van der Waals surface area contributed by atoms with Gasteiger partial charge in [-0.05, 0) is 57.2 Å². The van der Waals surface area contributed by atoms with Gasteiger partial charge in [0.1, 0.15) is 5.69 Å². The molecule has 2 heterocycles. The molecule has 1 amide bonds. The van der Waals surface area contributed by atoms with E-state index in [1.165, 1.54) is 18.5 Å². The van der Waals surface area contributed by atoms with Gasteiger partial charge < -0.3 is 19.7 Å². The number of likely N-dealkylation sites (N-methyl/N-ethyl adjacent to an activating group) is 1. The van der Waals surface area contributed by atoms with Gasteiger partial charge in [-0.1, -0.05) is 23.4 Å². The standard InChI is InChI=1S/C24H28N4O2/c1-2-28(24(29)23-12-17-6-3-4-9-21(17)26-23)19-8-5-7-18(13-19)25-15-20-14-22(27-30-20)16-10-11-16/h3-4,6,9,12-14,16,19,25-26H,2,5,7-8,10-11,15H2,1H3/t19-/m0/s1. The Morgan fingerprint density at radius 2 is 2.13 bits per heavy atom. The lowest BCUT2D eigenvalue weighted by Gasteiger charge is -2.32. The van der Waals surface area contributed by atoms with Crippen molar-refractivity contribution in [3.63, 3.8) is 0 Å². The second kappa shape index (κ2) is 8.01. The molecule has 1 saturated carbocycles. The molecule has 0 spiro atoms. The maximum Gasteiger partial charge on any atom is 0.270 e. The Balaban J connectivity index is 1.27. The van der Waals surface area contributed by atoms with Crippen molar-refractivity contribution in [3.05, 3.63) is 65.3 Å². The van der Waals surface area contributed by atoms with Crippen LogP contribution in [-0.4, -0.2) is 33.5 Å². The number of hydrogen-bond donors (Lipinski definition) is 2. The number of carbonyl (C=O) groups is 1. The van der Waals surface area contributed by atoms with Crippen LogP contribution in [0.1, 0.15) is 66.9 Å². The molecule has 6 nitrogen and oxygen atoms in total. The van der Waals surface area contributed by atoms with Crippen LogP contribution in [0.5, 0.6) is 0 Å². The van der Waals surface area contributed by atoms with E-state index in [-0.39, 0.29) is 11.9 Å². The first kappa shape index (κ1) is 19.0. The number of benzene rings is 1. The Labute approximate surface area is 176 Å². The van der Waals surface area contributed by atoms with Gasteiger partial charge in [0.25, 0.3) is 5.91 Å². The number of nitrogens with zero attached hydrogens (tertiary/aromatic N) is 2. The van der Waals surface area contributed by atoms with Crippen molar-refractivity contribution in [2.75, 3.05) is 6.54 Å². The SMILES string of the molecule is CCN(C(=O)c1cc2ccccc2[nH]1)[C@@H]1C=C(NCc2cc(C3CC3)no2)CCC1. The van der Waals surface area contributed by atoms with Crippen molar-refractivity contribution in [1.29, 1.82) is 0 Å². The van der Waals surface area contributed by atoms with Crippen molar-refractivity contribution in [2.45, 2.75) is 57.5 Å². The molecule has 2 N–H and O–H groups in total. The van der Waals surface area contributed by atoms with Crippen molar-refractivity contribution < 1.29 is 9.32 Å². The predicted molar refractivity (Wildman–Crippen MR) is 116 cm³/mol. The number of allylic oxidation sites excluding steroid dienone is 1. The molecule has 1 aromatic carbocycles. The molecule has 5 rings (SSSR count). The Morgan fingerprint density at radius 3 is 2.93 bits per heavy atom. The van der Waals surface area contributed by atoms with Gasteiger partial charge in [0.15, 0.2) is 5.76 Å². The van der Waals surface area contributed by atoms with Gasteiger partial charge in [0.05, 0.1) is 18.3 Å². The summed E-state index contributed by atoms with van der Waals surface area (Å²) in [6.07, 6.45) is 7.71. The number of carbonyl (C=O) groups excluding carboxylic acids is 1. The molecule has 0 unspecified atom stereocenters. The summed E-state index contributed by atoms with van der Waals surface area (Å²) in [6.45, 7) is 3.36. The van der Waals surface area contributed by atoms with Gasteiger partial charge in [-0.2, -0.15) is 0 Å². The van der Waals surface area contributed by atoms with E-state index in [1.807, 2.05) is 42.2 Å². The zero-order valence-corrected chi connectivity index (χ0v) is 17.4. The predicted octanol–water partition coefficient (Wildman–Crippen LogP) is 4.72. The molecule has 0 radical (unpaired) electrons. The minimum absolute atomic E-state index is 0.0560. The molecule has 2 aliphatic carbocycles. The lowest BCUT2D eigenvalue weighted by molar-refractivity contribution is 0.0706. The summed E-state index contributed by atoms with van der Waals surface area (Å²) in [5.74, 6) is 1.54. The Hall–Kier alpha value is -3.02. The van der Waals surface area contributed by atoms with E-state index in [2.05, 4.69) is 27.6 Å². The second-order valence-corrected chi connectivity index (χ2v) is 8.36. The van der Waals surface area contributed by atoms with E-state index in [1.54, 1.807) is 0 Å². The molecule has 2 aromatic heterocycles. The lowest BCUT2D eigenvalue weighted by Crippen LogP contribution is -2.41. The number of H-pyrrole nitrogens is 1. The van der Waals surface area contributed by atoms with E-state index in [4.69, 9.17) is 4.52 Å². The molecular weight excluding hydrogens is 376 g/mol. The molecule has 0 saturated heterocycles. The highest BCUT2D eigenvalue weighted by atomic mass is 16.5. The fourth-order valence-electron chi connectivity index (χ4n) is 4.35. The summed E-state index contributed by atoms with van der Waals surface area (Å²) < 4.78 is 5.47. The van der Waals surface area contributed by atoms with Crippen molar-refractivity contribution in [3.8, 4) is 0 Å². The second-order valence-electron chi connectivity index (χ2n) is 8.36. The van der Waals surface area contributed by atoms with E-state index < -0.39 is 0 Å². The Bertz CT molecular complexity index is 1040. The molecule has 1 atom stereocenters. The van der Waals surface area contributed by atoms with Crippen LogP contribution in [-0.2, 0) is 6.54 Å². The fraction of sp³-hybridized carbons (Fsp3) is 0.417. The van der Waals surface area contributed by atoms with Crippen LogP contribution < -0.4 is 5.32 Å². The minimum atomic E-state index is 0.0560. The van der Waals surface area contributed by atoms with E-state index in [9.17, 15) is 4.79 Å². The van der Waals surface area contributed by atoms with Gasteiger partial charge in [-0.3, -0.25) is 4.79 Å². The summed E-state index contributed by atoms with van der Waals surface area (Å²) in [5.41, 5.74) is 3.92. The van der Waals surface area contributed by atoms with Crippen LogP contribution in [0, 0.1) is 0 Å². The molecule has 0 aliphatic heterocycles. The van der Waals surface area contributed by atoms with Gasteiger partial charge in [-0.15, -0.1) is 0 Å². The first-order valence-electron chi connectivity index (χ1n) is 11.0. The molecular formula is C24H28N4O2. The topological polar surface area (TPSA) is 74.2 Å². The first-order chi connectivity index (χ1) is 14.7. The van der Waals surface area contributed by atoms with Crippen LogP contribution in [0.3, 0.4) is 0 Å². The molecule has 156 valence electrons. The third-order valence-corrected chi connectivity index (χ3v) is 6.16. The monoisotopic (exact) mass is 404 g/mol. The molecule has 6 heteroatoms. The van der Waals surface area contributed by atoms with Crippen LogP contribution in [0.15, 0.2) is 52.7 Å². The van der Waals surface area contributed by atoms with Gasteiger partial charge in [-0.25, -0.2) is 0 Å². The zero-order valence-electron chi connectivity index (χ0n) is 17.4. The molecule has 0 bridgehead atoms. The number of nitrogens with one attached hydrogen (secondary N) is 2. The Kier molecular flexibility index (Phi) is 5.07. The minimum Gasteiger partial charge on any atom is -0.381 e. The first-order valence-corrected chi connectivity index (χ1v) is 11.0. The van der Waals surface area contributed by atoms with Gasteiger partial charge >= 0.3 is 0 Å². The van der Waals surface area contributed by atoms with Gasteiger partial charge in [0, 0.05) is 35.1 Å². The molecule has 2 aliphatic rings. The molecule has 1 fully saturated rings. The van der Waals surface area contributed by atoms with E-state index in [0.717, 1.165) is 41.6 Å². The third-order valence-electron chi connectivity index (χ3n) is 6.16. The van der Waals surface area contributed by atoms with Crippen molar-refractivity contribution >= 4 is 16.8 Å². The number of fused-ring (bicyclic) bond motifs is 1. The summed E-state index contributed by atoms with van der Waals surface area (Å²) >= 11 is 0. The highest BCUT2D eigenvalue weighted by molar-refractivity contribution is 5.98. The molecule has 3 aromatic rings. The Morgan fingerprint density at radius 1 is 1.27 bits per heavy atom. The van der Waals surface area contributed by atoms with Crippen molar-refractivity contribution in [1.82, 2.24) is 20.4 Å². The smallest absolute Gasteiger partial charge is 0.270 e. The summed E-state index contributed by atoms with van der Waals surface area (Å²) in [5, 5.41) is 8.75. The lowest BCUT2D eigenvalue weighted by atomic mass is 9.98. The maximum absolute atomic E-state index is 13.2. The zero-order chi connectivity index (χ0) is 20.5. The number of aromatic nitrogens is 2. The quantitative estimate of drug-likeness (QED) is 0.597. The fourth-order valence-corrected chi connectivity index (χ4v) is 4.35. The normalized spacial score (nSPS) is 19.0. The van der Waals surface area contributed by atoms with Crippen molar-refractivity contribution in [2.24, 2.45) is 0 Å². The largest absolute Gasteiger partial charge is 0.381 e. The van der Waals surface area contributed by atoms with E-state index in [0.29, 0.717) is 24.7 Å². The summed E-state index contributed by atoms with van der Waals surface area (Å²) in [4.78, 5) is 18.5. The van der Waals surface area contributed by atoms with Crippen LogP contribution in [0.2, 0.25) is 0 Å². The number of hydrogen-bond acceptors (Lipinski definition) is 4. The highest BCUT2D eigenvalue weighted by Crippen LogP contribution is 2.39. The third kappa shape index (κ3) is 3.86. The number of para-hydroxylation sites is 1. The number of amides is 1. The van der Waals surface area contributed by atoms with Crippen LogP contribution >= 0.6 is 0 Å². The molecule has 30 heavy (non-hydrogen) atoms.